The fourth-order valence-corrected chi connectivity index (χ4v) is 3.96. The summed E-state index contributed by atoms with van der Waals surface area (Å²) in [5.74, 6) is 0.943. The normalized spacial score (nSPS) is 18.5. The third-order valence-electron chi connectivity index (χ3n) is 5.62. The summed E-state index contributed by atoms with van der Waals surface area (Å²) in [4.78, 5) is 23.6. The van der Waals surface area contributed by atoms with Gasteiger partial charge in [-0.3, -0.25) is 4.79 Å². The van der Waals surface area contributed by atoms with Crippen molar-refractivity contribution in [3.8, 4) is 11.3 Å². The third kappa shape index (κ3) is 4.68. The number of rotatable bonds is 4. The van der Waals surface area contributed by atoms with Gasteiger partial charge in [0.15, 0.2) is 0 Å². The second-order valence-electron chi connectivity index (χ2n) is 7.60. The topological polar surface area (TPSA) is 67.4 Å². The van der Waals surface area contributed by atoms with Crippen molar-refractivity contribution in [2.24, 2.45) is 0 Å². The quantitative estimate of drug-likeness (QED) is 0.823. The maximum atomic E-state index is 12.6. The molecule has 1 aliphatic heterocycles. The maximum Gasteiger partial charge on any atom is 0.251 e. The summed E-state index contributed by atoms with van der Waals surface area (Å²) in [5.41, 5.74) is 2.56. The van der Waals surface area contributed by atoms with Crippen LogP contribution < -0.4 is 10.2 Å². The van der Waals surface area contributed by atoms with Gasteiger partial charge in [-0.1, -0.05) is 37.8 Å². The second-order valence-corrected chi connectivity index (χ2v) is 7.60. The van der Waals surface area contributed by atoms with Crippen molar-refractivity contribution >= 4 is 11.7 Å². The molecular weight excluding hydrogens is 352 g/mol. The van der Waals surface area contributed by atoms with Crippen molar-refractivity contribution in [1.82, 2.24) is 15.3 Å². The van der Waals surface area contributed by atoms with Crippen molar-refractivity contribution in [2.75, 3.05) is 31.2 Å². The Labute approximate surface area is 166 Å². The highest BCUT2D eigenvalue weighted by atomic mass is 16.5. The molecule has 4 rings (SSSR count). The summed E-state index contributed by atoms with van der Waals surface area (Å²) in [7, 11) is 0. The van der Waals surface area contributed by atoms with Gasteiger partial charge in [0, 0.05) is 36.3 Å². The van der Waals surface area contributed by atoms with Gasteiger partial charge in [0.1, 0.15) is 12.1 Å². The molecule has 0 atom stereocenters. The third-order valence-corrected chi connectivity index (χ3v) is 5.62. The Morgan fingerprint density at radius 1 is 1.00 bits per heavy atom. The van der Waals surface area contributed by atoms with Gasteiger partial charge >= 0.3 is 0 Å². The summed E-state index contributed by atoms with van der Waals surface area (Å²) in [5, 5.41) is 3.20. The first-order valence-corrected chi connectivity index (χ1v) is 10.4. The van der Waals surface area contributed by atoms with E-state index in [1.165, 1.54) is 25.7 Å². The molecule has 2 aromatic rings. The SMILES string of the molecule is O=C(NC1CCCCCC1)c1ccc(-c2cc(N3CCOCC3)ncn2)cc1. The minimum atomic E-state index is 0.0233. The molecule has 6 heteroatoms. The van der Waals surface area contributed by atoms with Gasteiger partial charge in [-0.2, -0.15) is 0 Å². The molecule has 1 saturated carbocycles. The van der Waals surface area contributed by atoms with E-state index in [0.29, 0.717) is 11.6 Å². The van der Waals surface area contributed by atoms with E-state index in [9.17, 15) is 4.79 Å². The van der Waals surface area contributed by atoms with E-state index < -0.39 is 0 Å². The number of aromatic nitrogens is 2. The molecule has 0 spiro atoms. The van der Waals surface area contributed by atoms with Crippen LogP contribution >= 0.6 is 0 Å². The van der Waals surface area contributed by atoms with E-state index in [2.05, 4.69) is 20.2 Å². The highest BCUT2D eigenvalue weighted by Crippen LogP contribution is 2.22. The molecule has 6 nitrogen and oxygen atoms in total. The number of carbonyl (C=O) groups is 1. The van der Waals surface area contributed by atoms with E-state index in [4.69, 9.17) is 4.74 Å². The van der Waals surface area contributed by atoms with E-state index in [1.54, 1.807) is 6.33 Å². The Bertz CT molecular complexity index is 779. The largest absolute Gasteiger partial charge is 0.378 e. The molecule has 0 radical (unpaired) electrons. The van der Waals surface area contributed by atoms with Crippen LogP contribution in [0.1, 0.15) is 48.9 Å². The van der Waals surface area contributed by atoms with Gasteiger partial charge in [0.25, 0.3) is 5.91 Å². The number of hydrogen-bond donors (Lipinski definition) is 1. The minimum Gasteiger partial charge on any atom is -0.378 e. The molecule has 2 fully saturated rings. The van der Waals surface area contributed by atoms with Gasteiger partial charge < -0.3 is 15.0 Å². The summed E-state index contributed by atoms with van der Waals surface area (Å²) >= 11 is 0. The average molecular weight is 380 g/mol. The van der Waals surface area contributed by atoms with Gasteiger partial charge in [-0.25, -0.2) is 9.97 Å². The molecule has 28 heavy (non-hydrogen) atoms. The first kappa shape index (κ1) is 18.9. The minimum absolute atomic E-state index is 0.0233. The van der Waals surface area contributed by atoms with E-state index in [-0.39, 0.29) is 5.91 Å². The van der Waals surface area contributed by atoms with Crippen molar-refractivity contribution in [1.29, 1.82) is 0 Å². The van der Waals surface area contributed by atoms with Crippen LogP contribution in [0.2, 0.25) is 0 Å². The van der Waals surface area contributed by atoms with Gasteiger partial charge in [0.05, 0.1) is 18.9 Å². The second kappa shape index (κ2) is 9.15. The zero-order chi connectivity index (χ0) is 19.2. The van der Waals surface area contributed by atoms with Gasteiger partial charge in [0.2, 0.25) is 0 Å². The number of benzene rings is 1. The predicted octanol–water partition coefficient (Wildman–Crippen LogP) is 3.43. The Balaban J connectivity index is 1.43. The predicted molar refractivity (Wildman–Crippen MR) is 109 cm³/mol. The number of nitrogens with zero attached hydrogens (tertiary/aromatic N) is 3. The standard InChI is InChI=1S/C22H28N4O2/c27-22(25-19-5-3-1-2-4-6-19)18-9-7-17(8-10-18)20-15-21(24-16-23-20)26-11-13-28-14-12-26/h7-10,15-16,19H,1-6,11-14H2,(H,25,27). The van der Waals surface area contributed by atoms with Crippen molar-refractivity contribution in [3.05, 3.63) is 42.2 Å². The Morgan fingerprint density at radius 3 is 2.43 bits per heavy atom. The number of ether oxygens (including phenoxy) is 1. The zero-order valence-corrected chi connectivity index (χ0v) is 16.3. The lowest BCUT2D eigenvalue weighted by molar-refractivity contribution is 0.0933. The van der Waals surface area contributed by atoms with Crippen molar-refractivity contribution < 1.29 is 9.53 Å². The average Bonchev–Trinajstić information content (AvgIpc) is 3.03. The smallest absolute Gasteiger partial charge is 0.251 e. The summed E-state index contributed by atoms with van der Waals surface area (Å²) in [6, 6.07) is 10.0. The molecule has 1 saturated heterocycles. The van der Waals surface area contributed by atoms with Gasteiger partial charge in [-0.15, -0.1) is 0 Å². The van der Waals surface area contributed by atoms with Crippen LogP contribution in [-0.4, -0.2) is 48.2 Å². The highest BCUT2D eigenvalue weighted by molar-refractivity contribution is 5.94. The Hall–Kier alpha value is -2.47. The zero-order valence-electron chi connectivity index (χ0n) is 16.3. The number of anilines is 1. The monoisotopic (exact) mass is 380 g/mol. The first-order valence-electron chi connectivity index (χ1n) is 10.4. The van der Waals surface area contributed by atoms with Gasteiger partial charge in [-0.05, 0) is 25.0 Å². The molecule has 1 amide bonds. The van der Waals surface area contributed by atoms with Crippen LogP contribution in [0.3, 0.4) is 0 Å². The van der Waals surface area contributed by atoms with Crippen LogP contribution in [0.5, 0.6) is 0 Å². The highest BCUT2D eigenvalue weighted by Gasteiger charge is 2.16. The molecule has 1 aromatic carbocycles. The lowest BCUT2D eigenvalue weighted by Crippen LogP contribution is -2.36. The molecule has 0 unspecified atom stereocenters. The number of amides is 1. The van der Waals surface area contributed by atoms with E-state index in [1.807, 2.05) is 30.3 Å². The molecule has 2 aliphatic rings. The molecule has 0 bridgehead atoms. The molecule has 1 N–H and O–H groups in total. The summed E-state index contributed by atoms with van der Waals surface area (Å²) in [6.07, 6.45) is 8.78. The van der Waals surface area contributed by atoms with Crippen LogP contribution in [0.4, 0.5) is 5.82 Å². The maximum absolute atomic E-state index is 12.6. The fourth-order valence-electron chi connectivity index (χ4n) is 3.96. The van der Waals surface area contributed by atoms with Crippen LogP contribution in [-0.2, 0) is 4.74 Å². The van der Waals surface area contributed by atoms with E-state index >= 15 is 0 Å². The van der Waals surface area contributed by atoms with Crippen molar-refractivity contribution in [3.63, 3.8) is 0 Å². The lowest BCUT2D eigenvalue weighted by Gasteiger charge is -2.27. The lowest BCUT2D eigenvalue weighted by atomic mass is 10.1. The molecule has 2 heterocycles. The number of carbonyl (C=O) groups excluding carboxylic acids is 1. The fraction of sp³-hybridized carbons (Fsp3) is 0.500. The molecule has 148 valence electrons. The molecular formula is C22H28N4O2. The first-order chi connectivity index (χ1) is 13.8. The number of nitrogens with one attached hydrogen (secondary N) is 1. The van der Waals surface area contributed by atoms with Crippen LogP contribution in [0.15, 0.2) is 36.7 Å². The van der Waals surface area contributed by atoms with Crippen LogP contribution in [0, 0.1) is 0 Å². The number of hydrogen-bond acceptors (Lipinski definition) is 5. The Morgan fingerprint density at radius 2 is 1.71 bits per heavy atom. The molecule has 1 aromatic heterocycles. The van der Waals surface area contributed by atoms with E-state index in [0.717, 1.165) is 56.2 Å². The number of morpholine rings is 1. The summed E-state index contributed by atoms with van der Waals surface area (Å²) < 4.78 is 5.41. The molecule has 1 aliphatic carbocycles. The van der Waals surface area contributed by atoms with Crippen molar-refractivity contribution in [2.45, 2.75) is 44.6 Å². The Kier molecular flexibility index (Phi) is 6.17. The summed E-state index contributed by atoms with van der Waals surface area (Å²) in [6.45, 7) is 3.14. The van der Waals surface area contributed by atoms with Crippen LogP contribution in [0.25, 0.3) is 11.3 Å².